The molecule has 3 rings (SSSR count). The summed E-state index contributed by atoms with van der Waals surface area (Å²) in [6.45, 7) is 0. The highest BCUT2D eigenvalue weighted by molar-refractivity contribution is 6.04. The fraction of sp³-hybridized carbons (Fsp3) is 0.0588. The quantitative estimate of drug-likeness (QED) is 0.797. The monoisotopic (exact) mass is 278 g/mol. The van der Waals surface area contributed by atoms with Crippen LogP contribution in [0.2, 0.25) is 0 Å². The number of amides is 1. The molecule has 0 unspecified atom stereocenters. The number of rotatable bonds is 3. The minimum Gasteiger partial charge on any atom is -0.497 e. The van der Waals surface area contributed by atoms with Gasteiger partial charge in [0, 0.05) is 23.3 Å². The molecule has 0 bridgehead atoms. The molecular formula is C17H14N2O2. The second-order valence-corrected chi connectivity index (χ2v) is 4.60. The van der Waals surface area contributed by atoms with Crippen molar-refractivity contribution in [2.75, 3.05) is 12.4 Å². The maximum Gasteiger partial charge on any atom is 0.274 e. The maximum atomic E-state index is 12.2. The summed E-state index contributed by atoms with van der Waals surface area (Å²) in [4.78, 5) is 16.4. The van der Waals surface area contributed by atoms with Crippen molar-refractivity contribution in [1.82, 2.24) is 4.98 Å². The molecule has 0 radical (unpaired) electrons. The zero-order chi connectivity index (χ0) is 14.7. The smallest absolute Gasteiger partial charge is 0.274 e. The topological polar surface area (TPSA) is 51.2 Å². The molecule has 0 aliphatic carbocycles. The van der Waals surface area contributed by atoms with Gasteiger partial charge < -0.3 is 10.1 Å². The van der Waals surface area contributed by atoms with Crippen molar-refractivity contribution in [3.63, 3.8) is 0 Å². The molecule has 4 heteroatoms. The van der Waals surface area contributed by atoms with E-state index in [1.165, 1.54) is 0 Å². The third-order valence-corrected chi connectivity index (χ3v) is 3.19. The van der Waals surface area contributed by atoms with Gasteiger partial charge in [0.05, 0.1) is 7.11 Å². The van der Waals surface area contributed by atoms with Crippen LogP contribution in [0.5, 0.6) is 5.75 Å². The Bertz CT molecular complexity index is 799. The molecular weight excluding hydrogens is 264 g/mol. The van der Waals surface area contributed by atoms with E-state index in [9.17, 15) is 4.79 Å². The van der Waals surface area contributed by atoms with Gasteiger partial charge in [-0.3, -0.25) is 9.78 Å². The fourth-order valence-electron chi connectivity index (χ4n) is 2.10. The lowest BCUT2D eigenvalue weighted by molar-refractivity contribution is 0.102. The average Bonchev–Trinajstić information content (AvgIpc) is 2.54. The minimum atomic E-state index is -0.242. The van der Waals surface area contributed by atoms with Crippen molar-refractivity contribution in [3.8, 4) is 5.75 Å². The predicted molar refractivity (Wildman–Crippen MR) is 82.7 cm³/mol. The first kappa shape index (κ1) is 13.1. The number of hydrogen-bond donors (Lipinski definition) is 1. The zero-order valence-corrected chi connectivity index (χ0v) is 11.5. The highest BCUT2D eigenvalue weighted by Gasteiger charge is 2.08. The van der Waals surface area contributed by atoms with Crippen molar-refractivity contribution in [2.24, 2.45) is 0 Å². The molecule has 1 N–H and O–H groups in total. The summed E-state index contributed by atoms with van der Waals surface area (Å²) in [5.74, 6) is 0.452. The lowest BCUT2D eigenvalue weighted by Crippen LogP contribution is -2.13. The summed E-state index contributed by atoms with van der Waals surface area (Å²) >= 11 is 0. The molecule has 4 nitrogen and oxygen atoms in total. The molecule has 0 aliphatic heterocycles. The second kappa shape index (κ2) is 5.63. The number of carbonyl (C=O) groups excluding carboxylic acids is 1. The first-order chi connectivity index (χ1) is 10.3. The largest absolute Gasteiger partial charge is 0.497 e. The van der Waals surface area contributed by atoms with Gasteiger partial charge in [-0.15, -0.1) is 0 Å². The lowest BCUT2D eigenvalue weighted by atomic mass is 10.1. The van der Waals surface area contributed by atoms with Crippen LogP contribution in [0.3, 0.4) is 0 Å². The van der Waals surface area contributed by atoms with E-state index in [0.29, 0.717) is 17.1 Å². The van der Waals surface area contributed by atoms with Crippen LogP contribution in [-0.4, -0.2) is 18.0 Å². The molecule has 0 spiro atoms. The van der Waals surface area contributed by atoms with Gasteiger partial charge in [0.1, 0.15) is 11.4 Å². The SMILES string of the molecule is COc1cccc(NC(=O)c2cc3ccccc3cn2)c1. The van der Waals surface area contributed by atoms with E-state index in [4.69, 9.17) is 4.74 Å². The lowest BCUT2D eigenvalue weighted by Gasteiger charge is -2.07. The number of hydrogen-bond acceptors (Lipinski definition) is 3. The number of carbonyl (C=O) groups is 1. The van der Waals surface area contributed by atoms with E-state index >= 15 is 0 Å². The Morgan fingerprint density at radius 2 is 1.86 bits per heavy atom. The Labute approximate surface area is 122 Å². The number of ether oxygens (including phenoxy) is 1. The third-order valence-electron chi connectivity index (χ3n) is 3.19. The first-order valence-corrected chi connectivity index (χ1v) is 6.56. The molecule has 21 heavy (non-hydrogen) atoms. The molecule has 0 saturated carbocycles. The molecule has 1 heterocycles. The minimum absolute atomic E-state index is 0.242. The van der Waals surface area contributed by atoms with E-state index in [2.05, 4.69) is 10.3 Å². The van der Waals surface area contributed by atoms with Gasteiger partial charge in [0.15, 0.2) is 0 Å². The van der Waals surface area contributed by atoms with Crippen molar-refractivity contribution in [3.05, 3.63) is 66.5 Å². The van der Waals surface area contributed by atoms with Gasteiger partial charge in [0.25, 0.3) is 5.91 Å². The summed E-state index contributed by atoms with van der Waals surface area (Å²) < 4.78 is 5.13. The van der Waals surface area contributed by atoms with Crippen LogP contribution in [0, 0.1) is 0 Å². The number of aromatic nitrogens is 1. The highest BCUT2D eigenvalue weighted by Crippen LogP contribution is 2.18. The molecule has 1 amide bonds. The standard InChI is InChI=1S/C17H14N2O2/c1-21-15-8-4-7-14(10-15)19-17(20)16-9-12-5-2-3-6-13(12)11-18-16/h2-11H,1H3,(H,19,20). The fourth-order valence-corrected chi connectivity index (χ4v) is 2.10. The number of pyridine rings is 1. The highest BCUT2D eigenvalue weighted by atomic mass is 16.5. The van der Waals surface area contributed by atoms with Crippen LogP contribution in [-0.2, 0) is 0 Å². The molecule has 0 saturated heterocycles. The van der Waals surface area contributed by atoms with Gasteiger partial charge in [0.2, 0.25) is 0 Å². The summed E-state index contributed by atoms with van der Waals surface area (Å²) in [7, 11) is 1.59. The summed E-state index contributed by atoms with van der Waals surface area (Å²) in [5, 5.41) is 4.82. The van der Waals surface area contributed by atoms with E-state index in [1.807, 2.05) is 42.5 Å². The zero-order valence-electron chi connectivity index (χ0n) is 11.5. The van der Waals surface area contributed by atoms with Gasteiger partial charge in [-0.2, -0.15) is 0 Å². The molecule has 3 aromatic rings. The Morgan fingerprint density at radius 1 is 1.05 bits per heavy atom. The van der Waals surface area contributed by atoms with Crippen LogP contribution in [0.25, 0.3) is 10.8 Å². The van der Waals surface area contributed by atoms with Crippen molar-refractivity contribution in [2.45, 2.75) is 0 Å². The number of nitrogens with zero attached hydrogens (tertiary/aromatic N) is 1. The molecule has 104 valence electrons. The Kier molecular flexibility index (Phi) is 3.51. The van der Waals surface area contributed by atoms with E-state index < -0.39 is 0 Å². The van der Waals surface area contributed by atoms with Crippen LogP contribution < -0.4 is 10.1 Å². The number of anilines is 1. The number of methoxy groups -OCH3 is 1. The van der Waals surface area contributed by atoms with Crippen molar-refractivity contribution < 1.29 is 9.53 Å². The maximum absolute atomic E-state index is 12.2. The van der Waals surface area contributed by atoms with E-state index in [-0.39, 0.29) is 5.91 Å². The Morgan fingerprint density at radius 3 is 2.67 bits per heavy atom. The Balaban J connectivity index is 1.86. The molecule has 0 fully saturated rings. The summed E-state index contributed by atoms with van der Waals surface area (Å²) in [6.07, 6.45) is 1.70. The van der Waals surface area contributed by atoms with Crippen LogP contribution in [0.1, 0.15) is 10.5 Å². The molecule has 0 aliphatic rings. The normalized spacial score (nSPS) is 10.3. The Hall–Kier alpha value is -2.88. The van der Waals surface area contributed by atoms with Gasteiger partial charge >= 0.3 is 0 Å². The predicted octanol–water partition coefficient (Wildman–Crippen LogP) is 3.50. The third kappa shape index (κ3) is 2.84. The number of fused-ring (bicyclic) bond motifs is 1. The summed E-state index contributed by atoms with van der Waals surface area (Å²) in [5.41, 5.74) is 1.06. The molecule has 2 aromatic carbocycles. The van der Waals surface area contributed by atoms with Crippen molar-refractivity contribution in [1.29, 1.82) is 0 Å². The van der Waals surface area contributed by atoms with E-state index in [1.54, 1.807) is 25.4 Å². The van der Waals surface area contributed by atoms with E-state index in [0.717, 1.165) is 10.8 Å². The second-order valence-electron chi connectivity index (χ2n) is 4.60. The van der Waals surface area contributed by atoms with Crippen LogP contribution in [0.4, 0.5) is 5.69 Å². The molecule has 0 atom stereocenters. The van der Waals surface area contributed by atoms with Crippen molar-refractivity contribution >= 4 is 22.4 Å². The van der Waals surface area contributed by atoms with Gasteiger partial charge in [-0.1, -0.05) is 30.3 Å². The molecule has 1 aromatic heterocycles. The van der Waals surface area contributed by atoms with Crippen LogP contribution >= 0.6 is 0 Å². The van der Waals surface area contributed by atoms with Gasteiger partial charge in [-0.25, -0.2) is 0 Å². The summed E-state index contributed by atoms with van der Waals surface area (Å²) in [6, 6.07) is 16.8. The number of nitrogens with one attached hydrogen (secondary N) is 1. The van der Waals surface area contributed by atoms with Crippen LogP contribution in [0.15, 0.2) is 60.8 Å². The first-order valence-electron chi connectivity index (χ1n) is 6.56. The van der Waals surface area contributed by atoms with Gasteiger partial charge in [-0.05, 0) is 23.6 Å². The number of benzene rings is 2. The average molecular weight is 278 g/mol.